The maximum Gasteiger partial charge on any atom is 0.337 e. The fourth-order valence-corrected chi connectivity index (χ4v) is 1.94. The fourth-order valence-electron chi connectivity index (χ4n) is 1.94. The number of imidazole rings is 1. The minimum absolute atomic E-state index is 0.296. The van der Waals surface area contributed by atoms with Gasteiger partial charge in [-0.2, -0.15) is 0 Å². The lowest BCUT2D eigenvalue weighted by molar-refractivity contribution is 0.0600. The summed E-state index contributed by atoms with van der Waals surface area (Å²) in [6, 6.07) is 6.22. The number of aromatic nitrogens is 4. The van der Waals surface area contributed by atoms with E-state index >= 15 is 0 Å². The summed E-state index contributed by atoms with van der Waals surface area (Å²) in [6.07, 6.45) is 2.77. The second kappa shape index (κ2) is 5.60. The maximum absolute atomic E-state index is 12.3. The van der Waals surface area contributed by atoms with Crippen molar-refractivity contribution in [1.82, 2.24) is 19.9 Å². The maximum atomic E-state index is 12.3. The lowest BCUT2D eigenvalue weighted by Gasteiger charge is -2.06. The molecular weight excluding hydrogens is 286 g/mol. The number of nitrogens with one attached hydrogen (secondary N) is 2. The van der Waals surface area contributed by atoms with Gasteiger partial charge in [0.25, 0.3) is 5.91 Å². The Morgan fingerprint density at radius 2 is 2.00 bits per heavy atom. The molecule has 2 N–H and O–H groups in total. The Labute approximate surface area is 124 Å². The van der Waals surface area contributed by atoms with Gasteiger partial charge in [-0.3, -0.25) is 4.79 Å². The number of anilines is 1. The van der Waals surface area contributed by atoms with E-state index in [4.69, 9.17) is 0 Å². The van der Waals surface area contributed by atoms with Gasteiger partial charge in [-0.25, -0.2) is 19.7 Å². The van der Waals surface area contributed by atoms with Crippen LogP contribution in [0.4, 0.5) is 5.82 Å². The average Bonchev–Trinajstić information content (AvgIpc) is 3.04. The molecule has 0 unspecified atom stereocenters. The van der Waals surface area contributed by atoms with E-state index in [2.05, 4.69) is 30.0 Å². The van der Waals surface area contributed by atoms with Crippen molar-refractivity contribution in [3.8, 4) is 0 Å². The van der Waals surface area contributed by atoms with Gasteiger partial charge in [0.15, 0.2) is 11.5 Å². The number of carbonyl (C=O) groups is 2. The standard InChI is InChI=1S/C14H11N5O3/c1-22-14(21)9-4-2-3-8(5-9)13(20)19-12-10-11(16-6-15-10)17-7-18-12/h2-7H,1H3,(H2,15,16,17,18,19,20). The number of hydrogen-bond acceptors (Lipinski definition) is 6. The third-order valence-corrected chi connectivity index (χ3v) is 3.00. The van der Waals surface area contributed by atoms with Crippen molar-refractivity contribution in [3.05, 3.63) is 48.0 Å². The number of amides is 1. The van der Waals surface area contributed by atoms with Crippen molar-refractivity contribution in [1.29, 1.82) is 0 Å². The van der Waals surface area contributed by atoms with E-state index in [1.807, 2.05) is 0 Å². The van der Waals surface area contributed by atoms with Crippen molar-refractivity contribution < 1.29 is 14.3 Å². The number of hydrogen-bond donors (Lipinski definition) is 2. The molecule has 22 heavy (non-hydrogen) atoms. The van der Waals surface area contributed by atoms with Gasteiger partial charge in [-0.05, 0) is 18.2 Å². The Bertz CT molecular complexity index is 858. The summed E-state index contributed by atoms with van der Waals surface area (Å²) >= 11 is 0. The SMILES string of the molecule is COC(=O)c1cccc(C(=O)Nc2ncnc3nc[nH]c23)c1. The van der Waals surface area contributed by atoms with Gasteiger partial charge in [0.1, 0.15) is 11.8 Å². The summed E-state index contributed by atoms with van der Waals surface area (Å²) in [5.41, 5.74) is 1.59. The fraction of sp³-hybridized carbons (Fsp3) is 0.0714. The van der Waals surface area contributed by atoms with Crippen LogP contribution in [0.25, 0.3) is 11.2 Å². The van der Waals surface area contributed by atoms with Crippen LogP contribution in [0, 0.1) is 0 Å². The van der Waals surface area contributed by atoms with E-state index in [0.29, 0.717) is 28.1 Å². The van der Waals surface area contributed by atoms with Crippen LogP contribution in [0.1, 0.15) is 20.7 Å². The Hall–Kier alpha value is -3.29. The predicted octanol–water partition coefficient (Wildman–Crippen LogP) is 1.39. The Morgan fingerprint density at radius 1 is 1.18 bits per heavy atom. The third kappa shape index (κ3) is 2.49. The number of fused-ring (bicyclic) bond motifs is 1. The van der Waals surface area contributed by atoms with Gasteiger partial charge < -0.3 is 15.0 Å². The van der Waals surface area contributed by atoms with E-state index in [9.17, 15) is 9.59 Å². The van der Waals surface area contributed by atoms with E-state index in [-0.39, 0.29) is 0 Å². The molecule has 2 heterocycles. The summed E-state index contributed by atoms with van der Waals surface area (Å²) in [5.74, 6) is -0.594. The zero-order chi connectivity index (χ0) is 15.5. The Balaban J connectivity index is 1.89. The molecule has 8 nitrogen and oxygen atoms in total. The largest absolute Gasteiger partial charge is 0.465 e. The van der Waals surface area contributed by atoms with Crippen molar-refractivity contribution >= 4 is 28.9 Å². The van der Waals surface area contributed by atoms with Gasteiger partial charge in [0.2, 0.25) is 0 Å². The van der Waals surface area contributed by atoms with Crippen molar-refractivity contribution in [2.75, 3.05) is 12.4 Å². The quantitative estimate of drug-likeness (QED) is 0.707. The van der Waals surface area contributed by atoms with Crippen molar-refractivity contribution in [2.45, 2.75) is 0 Å². The molecule has 0 fully saturated rings. The number of benzene rings is 1. The smallest absolute Gasteiger partial charge is 0.337 e. The number of nitrogens with zero attached hydrogens (tertiary/aromatic N) is 3. The molecule has 0 saturated carbocycles. The second-order valence-corrected chi connectivity index (χ2v) is 4.35. The molecule has 0 aliphatic heterocycles. The highest BCUT2D eigenvalue weighted by atomic mass is 16.5. The third-order valence-electron chi connectivity index (χ3n) is 3.00. The first kappa shape index (κ1) is 13.7. The summed E-state index contributed by atoms with van der Waals surface area (Å²) in [6.45, 7) is 0. The summed E-state index contributed by atoms with van der Waals surface area (Å²) in [7, 11) is 1.28. The van der Waals surface area contributed by atoms with Crippen LogP contribution in [0.5, 0.6) is 0 Å². The van der Waals surface area contributed by atoms with Crippen molar-refractivity contribution in [3.63, 3.8) is 0 Å². The van der Waals surface area contributed by atoms with Crippen LogP contribution >= 0.6 is 0 Å². The number of carbonyl (C=O) groups excluding carboxylic acids is 2. The summed E-state index contributed by atoms with van der Waals surface area (Å²) < 4.78 is 4.63. The molecule has 3 rings (SSSR count). The second-order valence-electron chi connectivity index (χ2n) is 4.35. The lowest BCUT2D eigenvalue weighted by atomic mass is 10.1. The van der Waals surface area contributed by atoms with Gasteiger partial charge in [-0.15, -0.1) is 0 Å². The molecule has 0 aliphatic rings. The highest BCUT2D eigenvalue weighted by molar-refractivity contribution is 6.07. The summed E-state index contributed by atoms with van der Waals surface area (Å²) in [5, 5.41) is 2.66. The first-order valence-corrected chi connectivity index (χ1v) is 6.33. The molecule has 0 radical (unpaired) electrons. The van der Waals surface area contributed by atoms with Crippen LogP contribution in [0.15, 0.2) is 36.9 Å². The Morgan fingerprint density at radius 3 is 2.82 bits per heavy atom. The van der Waals surface area contributed by atoms with Gasteiger partial charge >= 0.3 is 5.97 Å². The van der Waals surface area contributed by atoms with Crippen LogP contribution in [0.2, 0.25) is 0 Å². The van der Waals surface area contributed by atoms with E-state index < -0.39 is 11.9 Å². The number of H-pyrrole nitrogens is 1. The highest BCUT2D eigenvalue weighted by Crippen LogP contribution is 2.16. The Kier molecular flexibility index (Phi) is 3.48. The van der Waals surface area contributed by atoms with Gasteiger partial charge in [-0.1, -0.05) is 6.07 Å². The number of rotatable bonds is 3. The molecule has 110 valence electrons. The van der Waals surface area contributed by atoms with E-state index in [1.165, 1.54) is 25.8 Å². The van der Waals surface area contributed by atoms with Crippen LogP contribution in [0.3, 0.4) is 0 Å². The van der Waals surface area contributed by atoms with Crippen LogP contribution in [-0.4, -0.2) is 38.9 Å². The molecule has 0 aliphatic carbocycles. The van der Waals surface area contributed by atoms with Crippen LogP contribution < -0.4 is 5.32 Å². The molecule has 1 amide bonds. The molecule has 0 spiro atoms. The van der Waals surface area contributed by atoms with Crippen LogP contribution in [-0.2, 0) is 4.74 Å². The normalized spacial score (nSPS) is 10.4. The number of methoxy groups -OCH3 is 1. The average molecular weight is 297 g/mol. The van der Waals surface area contributed by atoms with E-state index in [1.54, 1.807) is 18.2 Å². The molecule has 0 bridgehead atoms. The summed E-state index contributed by atoms with van der Waals surface area (Å²) in [4.78, 5) is 38.6. The minimum atomic E-state index is -0.507. The number of aromatic amines is 1. The molecule has 2 aromatic heterocycles. The molecule has 0 saturated heterocycles. The highest BCUT2D eigenvalue weighted by Gasteiger charge is 2.13. The van der Waals surface area contributed by atoms with Gasteiger partial charge in [0, 0.05) is 5.56 Å². The topological polar surface area (TPSA) is 110 Å². The molecular formula is C14H11N5O3. The number of ether oxygens (including phenoxy) is 1. The monoisotopic (exact) mass is 297 g/mol. The minimum Gasteiger partial charge on any atom is -0.465 e. The van der Waals surface area contributed by atoms with Crippen molar-refractivity contribution in [2.24, 2.45) is 0 Å². The lowest BCUT2D eigenvalue weighted by Crippen LogP contribution is -2.14. The first-order chi connectivity index (χ1) is 10.7. The first-order valence-electron chi connectivity index (χ1n) is 6.33. The van der Waals surface area contributed by atoms with E-state index in [0.717, 1.165) is 0 Å². The van der Waals surface area contributed by atoms with Gasteiger partial charge in [0.05, 0.1) is 19.0 Å². The zero-order valence-corrected chi connectivity index (χ0v) is 11.5. The molecule has 8 heteroatoms. The molecule has 1 aromatic carbocycles. The number of esters is 1. The molecule has 3 aromatic rings. The predicted molar refractivity (Wildman–Crippen MR) is 77.4 cm³/mol. The zero-order valence-electron chi connectivity index (χ0n) is 11.5. The molecule has 0 atom stereocenters.